The van der Waals surface area contributed by atoms with Gasteiger partial charge in [0.05, 0.1) is 58.4 Å². The van der Waals surface area contributed by atoms with Crippen LogP contribution in [0.2, 0.25) is 0 Å². The van der Waals surface area contributed by atoms with Gasteiger partial charge in [-0.05, 0) is 221 Å². The molecule has 16 rings (SSSR count). The third-order valence-electron chi connectivity index (χ3n) is 21.0. The number of rotatable bonds is 14. The number of carbonyl (C=O) groups is 2. The van der Waals surface area contributed by atoms with Crippen LogP contribution in [-0.2, 0) is 90.1 Å². The molecule has 5 aliphatic rings. The van der Waals surface area contributed by atoms with E-state index in [9.17, 15) is 51.7 Å². The molecule has 0 fully saturated rings. The largest absolute Gasteiger partial charge is 0.443 e. The second kappa shape index (κ2) is 34.3. The van der Waals surface area contributed by atoms with Crippen LogP contribution in [0.15, 0.2) is 166 Å². The van der Waals surface area contributed by atoms with E-state index in [2.05, 4.69) is 143 Å². The first-order valence-electron chi connectivity index (χ1n) is 39.5. The van der Waals surface area contributed by atoms with E-state index in [0.717, 1.165) is 58.6 Å². The molecule has 0 saturated heterocycles. The van der Waals surface area contributed by atoms with Gasteiger partial charge < -0.3 is 13.9 Å². The molecule has 0 saturated carbocycles. The third kappa shape index (κ3) is 18.5. The molecule has 4 unspecified atom stereocenters. The van der Waals surface area contributed by atoms with Crippen molar-refractivity contribution >= 4 is 132 Å². The highest BCUT2D eigenvalue weighted by Crippen LogP contribution is 2.50. The summed E-state index contributed by atoms with van der Waals surface area (Å²) < 4.78 is 147. The molecule has 4 atom stereocenters. The van der Waals surface area contributed by atoms with Crippen molar-refractivity contribution in [2.24, 2.45) is 23.7 Å². The van der Waals surface area contributed by atoms with Gasteiger partial charge in [-0.15, -0.1) is 0 Å². The lowest BCUT2D eigenvalue weighted by Crippen LogP contribution is -2.48. The van der Waals surface area contributed by atoms with Crippen molar-refractivity contribution in [3.05, 3.63) is 181 Å². The standard InChI is InChI=1S/2C24H27N7O2S.C17H24BrNO4S.C12H16BrNO2S.C7H4BrNO3S/c2*1-6-31-22(17-11-25-15(4)26-12-17)29-21-20(27-13-28-23(21)31)16-7-8-19-18(9-16)24(5,10-14(2)3)30-34(19,32)33;1-11(2)10-17(6)13-9-12(18)7-8-14(13)24(21,22)19(17)15(20)23-16(3,4)5;1-8(2)7-12(3)10-6-9(13)4-5-11(10)17(15,16)14-12;8-4-1-2-6-5(3-4)7(10)9-13(6,11)12/h2*7-9,11-14,30H,6,10H2,1-5H3;7-9,11H,10H2,1-6H3;4-6,8,14H,7H2,1-3H3;1-3H,(H,9,10). The lowest BCUT2D eigenvalue weighted by Gasteiger charge is -2.36. The maximum atomic E-state index is 13.0. The minimum atomic E-state index is -3.95. The summed E-state index contributed by atoms with van der Waals surface area (Å²) in [5.41, 5.74) is 6.80. The van der Waals surface area contributed by atoms with Gasteiger partial charge in [0.25, 0.3) is 26.0 Å². The Bertz CT molecular complexity index is 6360. The summed E-state index contributed by atoms with van der Waals surface area (Å²) in [5.74, 6) is 3.48. The molecular formula is C84H98Br3N17O13S5. The quantitative estimate of drug-likeness (QED) is 0.0785. The molecule has 11 aromatic rings. The van der Waals surface area contributed by atoms with Crippen LogP contribution in [0, 0.1) is 37.5 Å². The predicted molar refractivity (Wildman–Crippen MR) is 475 cm³/mol. The molecule has 648 valence electrons. The number of nitrogens with one attached hydrogen (secondary N) is 4. The fourth-order valence-electron chi connectivity index (χ4n) is 16.7. The second-order valence-electron chi connectivity index (χ2n) is 34.2. The first kappa shape index (κ1) is 92.4. The minimum Gasteiger partial charge on any atom is -0.443 e. The molecule has 4 N–H and O–H groups in total. The van der Waals surface area contributed by atoms with Crippen LogP contribution in [0.5, 0.6) is 0 Å². The Balaban J connectivity index is 0.000000145. The second-order valence-corrected chi connectivity index (χ2v) is 45.3. The molecule has 11 heterocycles. The Morgan fingerprint density at radius 3 is 1.18 bits per heavy atom. The zero-order valence-electron chi connectivity index (χ0n) is 71.0. The molecule has 0 spiro atoms. The number of hydrogen-bond acceptors (Lipinski definition) is 23. The van der Waals surface area contributed by atoms with Gasteiger partial charge in [0, 0.05) is 68.0 Å². The number of benzene rings is 5. The summed E-state index contributed by atoms with van der Waals surface area (Å²) in [6, 6.07) is 25.5. The number of imidazole rings is 2. The van der Waals surface area contributed by atoms with Gasteiger partial charge in [-0.2, -0.15) is 4.31 Å². The normalized spacial score (nSPS) is 20.7. The molecule has 5 aromatic carbocycles. The van der Waals surface area contributed by atoms with E-state index >= 15 is 0 Å². The number of halogens is 3. The minimum absolute atomic E-state index is 0.0423. The first-order chi connectivity index (χ1) is 56.8. The van der Waals surface area contributed by atoms with Crippen LogP contribution in [-0.4, -0.2) is 123 Å². The summed E-state index contributed by atoms with van der Waals surface area (Å²) in [6.45, 7) is 38.4. The van der Waals surface area contributed by atoms with Crippen molar-refractivity contribution in [1.82, 2.24) is 82.2 Å². The van der Waals surface area contributed by atoms with Crippen molar-refractivity contribution in [1.29, 1.82) is 0 Å². The fraction of sp³-hybridized carbons (Fsp3) is 0.405. The number of aromatic nitrogens is 12. The number of fused-ring (bicyclic) bond motifs is 7. The Kier molecular flexibility index (Phi) is 25.9. The van der Waals surface area contributed by atoms with Crippen molar-refractivity contribution < 1.29 is 56.4 Å². The Hall–Kier alpha value is -8.83. The smallest absolute Gasteiger partial charge is 0.425 e. The highest BCUT2D eigenvalue weighted by molar-refractivity contribution is 9.11. The molecule has 38 heteroatoms. The number of carbonyl (C=O) groups excluding carboxylic acids is 2. The van der Waals surface area contributed by atoms with Gasteiger partial charge in [-0.3, -0.25) is 4.79 Å². The SMILES string of the molecule is CC(C)CC1(C)NS(=O)(=O)c2ccc(Br)cc21.CC(C)CC1(C)c2cc(Br)ccc2S(=O)(=O)N1C(=O)OC(C)(C)C.CCn1c(-c2cnc(C)nc2)nc2c(-c3ccc4c(c3)C(C)(CC(C)C)NS4(=O)=O)ncnc21.CCn1c(-c2cnc(C)nc2)nc2c(-c3ccc4c(c3)C(C)(CC(C)C)NS4(=O)=O)ncnc21.O=C1NS(=O)(=O)c2ccc(Br)cc21. The summed E-state index contributed by atoms with van der Waals surface area (Å²) >= 11 is 9.95. The van der Waals surface area contributed by atoms with Crippen LogP contribution in [0.1, 0.15) is 188 Å². The Morgan fingerprint density at radius 2 is 0.803 bits per heavy atom. The summed E-state index contributed by atoms with van der Waals surface area (Å²) in [7, 11) is -18.0. The zero-order valence-corrected chi connectivity index (χ0v) is 79.8. The van der Waals surface area contributed by atoms with Crippen LogP contribution in [0.4, 0.5) is 4.79 Å². The summed E-state index contributed by atoms with van der Waals surface area (Å²) in [4.78, 5) is 70.3. The number of hydrogen-bond donors (Lipinski definition) is 4. The maximum absolute atomic E-state index is 13.0. The molecule has 2 amide bonds. The van der Waals surface area contributed by atoms with E-state index in [-0.39, 0.29) is 21.3 Å². The third-order valence-corrected chi connectivity index (χ3v) is 30.7. The van der Waals surface area contributed by atoms with Gasteiger partial charge in [0.1, 0.15) is 68.9 Å². The van der Waals surface area contributed by atoms with Crippen molar-refractivity contribution in [3.63, 3.8) is 0 Å². The van der Waals surface area contributed by atoms with Crippen molar-refractivity contribution in [3.8, 4) is 45.3 Å². The highest BCUT2D eigenvalue weighted by Gasteiger charge is 2.56. The molecule has 0 radical (unpaired) electrons. The molecular weight excluding hydrogens is 1860 g/mol. The van der Waals surface area contributed by atoms with E-state index in [1.165, 1.54) is 30.9 Å². The molecule has 0 aliphatic carbocycles. The molecule has 30 nitrogen and oxygen atoms in total. The van der Waals surface area contributed by atoms with Crippen molar-refractivity contribution in [2.45, 2.75) is 223 Å². The number of sulfonamides is 5. The molecule has 0 bridgehead atoms. The number of nitrogens with zero attached hydrogens (tertiary/aromatic N) is 13. The Labute approximate surface area is 737 Å². The van der Waals surface area contributed by atoms with Crippen molar-refractivity contribution in [2.75, 3.05) is 0 Å². The summed E-state index contributed by atoms with van der Waals surface area (Å²) in [6.07, 6.45) is 11.9. The van der Waals surface area contributed by atoms with Crippen LogP contribution in [0.25, 0.3) is 67.6 Å². The van der Waals surface area contributed by atoms with Crippen LogP contribution in [0.3, 0.4) is 0 Å². The molecule has 5 aliphatic heterocycles. The lowest BCUT2D eigenvalue weighted by molar-refractivity contribution is 0.0225. The number of ether oxygens (including phenoxy) is 1. The molecule has 6 aromatic heterocycles. The topological polar surface area (TPSA) is 404 Å². The fourth-order valence-corrected chi connectivity index (χ4v) is 26.0. The van der Waals surface area contributed by atoms with Gasteiger partial charge in [-0.25, -0.2) is 116 Å². The van der Waals surface area contributed by atoms with Crippen LogP contribution >= 0.6 is 47.8 Å². The predicted octanol–water partition coefficient (Wildman–Crippen LogP) is 16.2. The zero-order chi connectivity index (χ0) is 89.5. The Morgan fingerprint density at radius 1 is 0.451 bits per heavy atom. The number of aryl methyl sites for hydroxylation is 4. The van der Waals surface area contributed by atoms with Gasteiger partial charge in [-0.1, -0.05) is 115 Å². The summed E-state index contributed by atoms with van der Waals surface area (Å²) in [5, 5.41) is 0. The van der Waals surface area contributed by atoms with E-state index in [4.69, 9.17) is 14.7 Å². The average Bonchev–Trinajstić information content (AvgIpc) is 1.54. The highest BCUT2D eigenvalue weighted by atomic mass is 79.9. The van der Waals surface area contributed by atoms with Gasteiger partial charge >= 0.3 is 6.09 Å². The van der Waals surface area contributed by atoms with E-state index < -0.39 is 89.9 Å². The average molecular weight is 1950 g/mol. The monoisotopic (exact) mass is 1950 g/mol. The van der Waals surface area contributed by atoms with E-state index in [0.29, 0.717) is 132 Å². The van der Waals surface area contributed by atoms with Gasteiger partial charge in [0.2, 0.25) is 30.1 Å². The first-order valence-corrected chi connectivity index (χ1v) is 49.2. The van der Waals surface area contributed by atoms with E-state index in [1.54, 1.807) is 107 Å². The number of amides is 2. The van der Waals surface area contributed by atoms with Crippen LogP contribution < -0.4 is 18.9 Å². The lowest BCUT2D eigenvalue weighted by atomic mass is 9.84. The maximum Gasteiger partial charge on any atom is 0.425 e. The molecule has 122 heavy (non-hydrogen) atoms. The van der Waals surface area contributed by atoms with Gasteiger partial charge in [0.15, 0.2) is 11.3 Å². The van der Waals surface area contributed by atoms with E-state index in [1.807, 2.05) is 94.4 Å².